The van der Waals surface area contributed by atoms with Crippen LogP contribution in [0, 0.1) is 0 Å². The first-order valence-electron chi connectivity index (χ1n) is 6.76. The maximum atomic E-state index is 4.24. The Kier molecular flexibility index (Phi) is 4.75. The lowest BCUT2D eigenvalue weighted by atomic mass is 10.1. The summed E-state index contributed by atoms with van der Waals surface area (Å²) < 4.78 is 0. The maximum absolute atomic E-state index is 4.24. The molecule has 1 aliphatic rings. The summed E-state index contributed by atoms with van der Waals surface area (Å²) in [4.78, 5) is 10.9. The summed E-state index contributed by atoms with van der Waals surface area (Å²) in [5, 5.41) is 6.45. The fourth-order valence-electron chi connectivity index (χ4n) is 2.40. The highest BCUT2D eigenvalue weighted by molar-refractivity contribution is 5.46. The standard InChI is InChI=1S/C13H23N5/c1-11(9-18-6-4-3-5-7-18)17-13-8-12(14-2)15-10-16-13/h8,10-11H,3-7,9H2,1-2H3,(H2,14,15,16,17). The van der Waals surface area contributed by atoms with E-state index in [2.05, 4.69) is 32.4 Å². The zero-order valence-corrected chi connectivity index (χ0v) is 11.3. The van der Waals surface area contributed by atoms with Crippen molar-refractivity contribution in [2.24, 2.45) is 0 Å². The molecule has 0 spiro atoms. The van der Waals surface area contributed by atoms with Crippen molar-refractivity contribution in [3.63, 3.8) is 0 Å². The second-order valence-corrected chi connectivity index (χ2v) is 4.95. The molecule has 1 saturated heterocycles. The smallest absolute Gasteiger partial charge is 0.131 e. The van der Waals surface area contributed by atoms with E-state index in [1.807, 2.05) is 13.1 Å². The predicted molar refractivity (Wildman–Crippen MR) is 75.0 cm³/mol. The first-order valence-corrected chi connectivity index (χ1v) is 6.76. The minimum Gasteiger partial charge on any atom is -0.373 e. The van der Waals surface area contributed by atoms with Gasteiger partial charge in [-0.2, -0.15) is 0 Å². The van der Waals surface area contributed by atoms with Crippen LogP contribution in [0.5, 0.6) is 0 Å². The molecular weight excluding hydrogens is 226 g/mol. The Hall–Kier alpha value is -1.36. The van der Waals surface area contributed by atoms with Crippen LogP contribution in [0.3, 0.4) is 0 Å². The van der Waals surface area contributed by atoms with Crippen LogP contribution in [0.1, 0.15) is 26.2 Å². The van der Waals surface area contributed by atoms with Crippen molar-refractivity contribution >= 4 is 11.6 Å². The summed E-state index contributed by atoms with van der Waals surface area (Å²) >= 11 is 0. The SMILES string of the molecule is CNc1cc(NC(C)CN2CCCCC2)ncn1. The van der Waals surface area contributed by atoms with Crippen LogP contribution >= 0.6 is 0 Å². The molecule has 2 N–H and O–H groups in total. The summed E-state index contributed by atoms with van der Waals surface area (Å²) in [5.41, 5.74) is 0. The molecule has 0 radical (unpaired) electrons. The van der Waals surface area contributed by atoms with Crippen LogP contribution in [-0.4, -0.2) is 47.6 Å². The number of aromatic nitrogens is 2. The summed E-state index contributed by atoms with van der Waals surface area (Å²) in [6, 6.07) is 2.34. The molecule has 1 atom stereocenters. The fraction of sp³-hybridized carbons (Fsp3) is 0.692. The van der Waals surface area contributed by atoms with Gasteiger partial charge >= 0.3 is 0 Å². The number of likely N-dealkylation sites (tertiary alicyclic amines) is 1. The quantitative estimate of drug-likeness (QED) is 0.833. The summed E-state index contributed by atoms with van der Waals surface area (Å²) in [6.45, 7) is 5.75. The largest absolute Gasteiger partial charge is 0.373 e. The molecule has 0 aromatic carbocycles. The van der Waals surface area contributed by atoms with E-state index in [-0.39, 0.29) is 0 Å². The van der Waals surface area contributed by atoms with E-state index in [9.17, 15) is 0 Å². The highest BCUT2D eigenvalue weighted by atomic mass is 15.2. The van der Waals surface area contributed by atoms with Gasteiger partial charge in [-0.3, -0.25) is 0 Å². The average molecular weight is 249 g/mol. The molecule has 1 aromatic heterocycles. The third kappa shape index (κ3) is 3.84. The van der Waals surface area contributed by atoms with Gasteiger partial charge in [-0.15, -0.1) is 0 Å². The number of hydrogen-bond donors (Lipinski definition) is 2. The minimum atomic E-state index is 0.405. The van der Waals surface area contributed by atoms with E-state index < -0.39 is 0 Å². The van der Waals surface area contributed by atoms with Crippen LogP contribution in [-0.2, 0) is 0 Å². The van der Waals surface area contributed by atoms with Crippen LogP contribution in [0.4, 0.5) is 11.6 Å². The molecule has 1 aliphatic heterocycles. The molecule has 2 heterocycles. The van der Waals surface area contributed by atoms with Crippen molar-refractivity contribution in [3.8, 4) is 0 Å². The predicted octanol–water partition coefficient (Wildman–Crippen LogP) is 1.80. The molecule has 0 amide bonds. The third-order valence-electron chi connectivity index (χ3n) is 3.30. The number of nitrogens with one attached hydrogen (secondary N) is 2. The van der Waals surface area contributed by atoms with Crippen molar-refractivity contribution in [3.05, 3.63) is 12.4 Å². The first kappa shape index (κ1) is 13.1. The molecule has 0 bridgehead atoms. The second-order valence-electron chi connectivity index (χ2n) is 4.95. The normalized spacial score (nSPS) is 18.3. The average Bonchev–Trinajstić information content (AvgIpc) is 2.40. The molecule has 5 heteroatoms. The molecule has 100 valence electrons. The van der Waals surface area contributed by atoms with Gasteiger partial charge in [0.15, 0.2) is 0 Å². The van der Waals surface area contributed by atoms with E-state index in [4.69, 9.17) is 0 Å². The van der Waals surface area contributed by atoms with Gasteiger partial charge in [0.1, 0.15) is 18.0 Å². The van der Waals surface area contributed by atoms with Crippen molar-refractivity contribution in [2.75, 3.05) is 37.3 Å². The summed E-state index contributed by atoms with van der Waals surface area (Å²) in [7, 11) is 1.86. The molecule has 0 aliphatic carbocycles. The fourth-order valence-corrected chi connectivity index (χ4v) is 2.40. The maximum Gasteiger partial charge on any atom is 0.131 e. The highest BCUT2D eigenvalue weighted by Gasteiger charge is 2.13. The Bertz CT molecular complexity index is 362. The summed E-state index contributed by atoms with van der Waals surface area (Å²) in [6.07, 6.45) is 5.64. The van der Waals surface area contributed by atoms with Crippen LogP contribution in [0.2, 0.25) is 0 Å². The Morgan fingerprint density at radius 3 is 2.67 bits per heavy atom. The number of anilines is 2. The van der Waals surface area contributed by atoms with Crippen molar-refractivity contribution in [1.29, 1.82) is 0 Å². The van der Waals surface area contributed by atoms with E-state index in [0.29, 0.717) is 6.04 Å². The lowest BCUT2D eigenvalue weighted by Crippen LogP contribution is -2.38. The number of rotatable bonds is 5. The molecule has 18 heavy (non-hydrogen) atoms. The van der Waals surface area contributed by atoms with Gasteiger partial charge in [0.25, 0.3) is 0 Å². The molecule has 1 unspecified atom stereocenters. The van der Waals surface area contributed by atoms with Gasteiger partial charge in [-0.05, 0) is 32.9 Å². The van der Waals surface area contributed by atoms with Gasteiger partial charge in [0.05, 0.1) is 0 Å². The molecule has 0 saturated carbocycles. The van der Waals surface area contributed by atoms with E-state index in [1.54, 1.807) is 6.33 Å². The van der Waals surface area contributed by atoms with Gasteiger partial charge in [0, 0.05) is 25.7 Å². The van der Waals surface area contributed by atoms with Gasteiger partial charge in [-0.25, -0.2) is 9.97 Å². The van der Waals surface area contributed by atoms with E-state index in [1.165, 1.54) is 32.4 Å². The molecule has 1 aromatic rings. The van der Waals surface area contributed by atoms with E-state index >= 15 is 0 Å². The van der Waals surface area contributed by atoms with Crippen LogP contribution < -0.4 is 10.6 Å². The number of nitrogens with zero attached hydrogens (tertiary/aromatic N) is 3. The third-order valence-corrected chi connectivity index (χ3v) is 3.30. The molecular formula is C13H23N5. The molecule has 1 fully saturated rings. The van der Waals surface area contributed by atoms with Crippen molar-refractivity contribution in [2.45, 2.75) is 32.2 Å². The Morgan fingerprint density at radius 2 is 1.94 bits per heavy atom. The Balaban J connectivity index is 1.83. The van der Waals surface area contributed by atoms with Crippen LogP contribution in [0.25, 0.3) is 0 Å². The molecule has 2 rings (SSSR count). The molecule has 5 nitrogen and oxygen atoms in total. The monoisotopic (exact) mass is 249 g/mol. The Morgan fingerprint density at radius 1 is 1.22 bits per heavy atom. The zero-order valence-electron chi connectivity index (χ0n) is 11.3. The van der Waals surface area contributed by atoms with E-state index in [0.717, 1.165) is 18.2 Å². The van der Waals surface area contributed by atoms with Crippen molar-refractivity contribution < 1.29 is 0 Å². The van der Waals surface area contributed by atoms with Crippen molar-refractivity contribution in [1.82, 2.24) is 14.9 Å². The lowest BCUT2D eigenvalue weighted by molar-refractivity contribution is 0.223. The number of piperidine rings is 1. The Labute approximate surface area is 109 Å². The lowest BCUT2D eigenvalue weighted by Gasteiger charge is -2.29. The topological polar surface area (TPSA) is 53.1 Å². The van der Waals surface area contributed by atoms with Crippen LogP contribution in [0.15, 0.2) is 12.4 Å². The van der Waals surface area contributed by atoms with Gasteiger partial charge in [-0.1, -0.05) is 6.42 Å². The van der Waals surface area contributed by atoms with Gasteiger partial charge in [0.2, 0.25) is 0 Å². The minimum absolute atomic E-state index is 0.405. The number of hydrogen-bond acceptors (Lipinski definition) is 5. The second kappa shape index (κ2) is 6.54. The highest BCUT2D eigenvalue weighted by Crippen LogP contribution is 2.12. The summed E-state index contributed by atoms with van der Waals surface area (Å²) in [5.74, 6) is 1.73. The van der Waals surface area contributed by atoms with Gasteiger partial charge < -0.3 is 15.5 Å². The zero-order chi connectivity index (χ0) is 12.8. The first-order chi connectivity index (χ1) is 8.78.